The third kappa shape index (κ3) is 3.78. The van der Waals surface area contributed by atoms with Crippen molar-refractivity contribution in [1.82, 2.24) is 5.32 Å². The Hall–Kier alpha value is -0.550. The van der Waals surface area contributed by atoms with E-state index in [-0.39, 0.29) is 5.92 Å². The quantitative estimate of drug-likeness (QED) is 0.520. The van der Waals surface area contributed by atoms with Crippen molar-refractivity contribution in [3.8, 4) is 12.3 Å². The van der Waals surface area contributed by atoms with Gasteiger partial charge in [-0.2, -0.15) is 0 Å². The lowest BCUT2D eigenvalue weighted by Crippen LogP contribution is -2.35. The molecule has 0 saturated carbocycles. The summed E-state index contributed by atoms with van der Waals surface area (Å²) in [7, 11) is 0. The third-order valence-corrected chi connectivity index (χ3v) is 2.65. The summed E-state index contributed by atoms with van der Waals surface area (Å²) in [6.45, 7) is 1.89. The fourth-order valence-electron chi connectivity index (χ4n) is 1.82. The maximum Gasteiger partial charge on any atom is 0.104 e. The third-order valence-electron chi connectivity index (χ3n) is 2.65. The van der Waals surface area contributed by atoms with E-state index < -0.39 is 6.17 Å². The number of rotatable bonds is 4. The molecular formula is C11H18FN. The van der Waals surface area contributed by atoms with E-state index in [2.05, 4.69) is 11.2 Å². The van der Waals surface area contributed by atoms with Crippen LogP contribution in [0.25, 0.3) is 0 Å². The first-order valence-electron chi connectivity index (χ1n) is 5.13. The van der Waals surface area contributed by atoms with Crippen LogP contribution in [-0.2, 0) is 0 Å². The first kappa shape index (κ1) is 10.5. The average Bonchev–Trinajstić information content (AvgIpc) is 2.19. The van der Waals surface area contributed by atoms with Crippen LogP contribution in [0.4, 0.5) is 4.39 Å². The summed E-state index contributed by atoms with van der Waals surface area (Å²) < 4.78 is 13.5. The minimum atomic E-state index is -0.652. The van der Waals surface area contributed by atoms with Gasteiger partial charge in [-0.3, -0.25) is 0 Å². The molecule has 0 aromatic heterocycles. The van der Waals surface area contributed by atoms with Crippen molar-refractivity contribution >= 4 is 0 Å². The molecule has 1 fully saturated rings. The highest BCUT2D eigenvalue weighted by Gasteiger charge is 2.22. The normalized spacial score (nSPS) is 25.1. The van der Waals surface area contributed by atoms with Crippen LogP contribution >= 0.6 is 0 Å². The average molecular weight is 183 g/mol. The number of nitrogens with one attached hydrogen (secondary N) is 1. The fourth-order valence-corrected chi connectivity index (χ4v) is 1.82. The van der Waals surface area contributed by atoms with Gasteiger partial charge in [-0.15, -0.1) is 12.3 Å². The Labute approximate surface area is 80.1 Å². The van der Waals surface area contributed by atoms with Gasteiger partial charge in [-0.1, -0.05) is 0 Å². The Morgan fingerprint density at radius 1 is 1.62 bits per heavy atom. The van der Waals surface area contributed by atoms with Gasteiger partial charge < -0.3 is 5.32 Å². The molecule has 1 heterocycles. The van der Waals surface area contributed by atoms with Crippen molar-refractivity contribution in [2.45, 2.75) is 38.3 Å². The molecule has 74 valence electrons. The highest BCUT2D eigenvalue weighted by Crippen LogP contribution is 2.21. The van der Waals surface area contributed by atoms with E-state index in [9.17, 15) is 4.39 Å². The van der Waals surface area contributed by atoms with Crippen molar-refractivity contribution in [1.29, 1.82) is 0 Å². The van der Waals surface area contributed by atoms with Crippen LogP contribution in [0, 0.1) is 18.3 Å². The predicted octanol–water partition coefficient (Wildman–Crippen LogP) is 2.13. The summed E-state index contributed by atoms with van der Waals surface area (Å²) >= 11 is 0. The second-order valence-electron chi connectivity index (χ2n) is 3.72. The minimum Gasteiger partial charge on any atom is -0.316 e. The first-order valence-corrected chi connectivity index (χ1v) is 5.13. The molecule has 1 N–H and O–H groups in total. The van der Waals surface area contributed by atoms with Crippen LogP contribution in [-0.4, -0.2) is 19.3 Å². The molecule has 0 amide bonds. The molecule has 0 aromatic carbocycles. The molecule has 0 aromatic rings. The number of hydrogen-bond acceptors (Lipinski definition) is 1. The van der Waals surface area contributed by atoms with Crippen molar-refractivity contribution in [3.05, 3.63) is 0 Å². The number of terminal acetylenes is 1. The Morgan fingerprint density at radius 2 is 2.46 bits per heavy atom. The highest BCUT2D eigenvalue weighted by atomic mass is 19.1. The standard InChI is InChI=1S/C11H18FN/c1-2-3-4-7-11(12)10-6-5-8-13-9-10/h1,10-11,13H,3-9H2. The molecular weight excluding hydrogens is 165 g/mol. The van der Waals surface area contributed by atoms with E-state index in [4.69, 9.17) is 6.42 Å². The van der Waals surface area contributed by atoms with E-state index in [1.165, 1.54) is 0 Å². The molecule has 13 heavy (non-hydrogen) atoms. The summed E-state index contributed by atoms with van der Waals surface area (Å²) in [6, 6.07) is 0. The van der Waals surface area contributed by atoms with Gasteiger partial charge in [0.25, 0.3) is 0 Å². The molecule has 1 rings (SSSR count). The summed E-state index contributed by atoms with van der Waals surface area (Å²) in [5.41, 5.74) is 0. The van der Waals surface area contributed by atoms with Crippen molar-refractivity contribution in [3.63, 3.8) is 0 Å². The van der Waals surface area contributed by atoms with Crippen LogP contribution in [0.3, 0.4) is 0 Å². The molecule has 0 bridgehead atoms. The lowest BCUT2D eigenvalue weighted by atomic mass is 9.92. The zero-order valence-electron chi connectivity index (χ0n) is 8.06. The SMILES string of the molecule is C#CCCCC(F)C1CCCNC1. The topological polar surface area (TPSA) is 12.0 Å². The minimum absolute atomic E-state index is 0.228. The van der Waals surface area contributed by atoms with Crippen molar-refractivity contribution in [2.75, 3.05) is 13.1 Å². The Morgan fingerprint density at radius 3 is 3.08 bits per heavy atom. The largest absolute Gasteiger partial charge is 0.316 e. The van der Waals surface area contributed by atoms with Crippen LogP contribution in [0.15, 0.2) is 0 Å². The Balaban J connectivity index is 2.14. The monoisotopic (exact) mass is 183 g/mol. The van der Waals surface area contributed by atoms with Gasteiger partial charge in [0.15, 0.2) is 0 Å². The maximum absolute atomic E-state index is 13.5. The number of alkyl halides is 1. The van der Waals surface area contributed by atoms with Gasteiger partial charge in [0.05, 0.1) is 0 Å². The smallest absolute Gasteiger partial charge is 0.104 e. The van der Waals surface area contributed by atoms with Crippen molar-refractivity contribution < 1.29 is 4.39 Å². The van der Waals surface area contributed by atoms with E-state index in [1.807, 2.05) is 0 Å². The van der Waals surface area contributed by atoms with Gasteiger partial charge in [0.2, 0.25) is 0 Å². The predicted molar refractivity (Wildman–Crippen MR) is 53.2 cm³/mol. The summed E-state index contributed by atoms with van der Waals surface area (Å²) in [5.74, 6) is 2.77. The van der Waals surface area contributed by atoms with E-state index in [0.29, 0.717) is 12.8 Å². The van der Waals surface area contributed by atoms with Crippen LogP contribution in [0.1, 0.15) is 32.1 Å². The first-order chi connectivity index (χ1) is 6.34. The molecule has 2 atom stereocenters. The second-order valence-corrected chi connectivity index (χ2v) is 3.72. The van der Waals surface area contributed by atoms with Crippen LogP contribution in [0.5, 0.6) is 0 Å². The van der Waals surface area contributed by atoms with Gasteiger partial charge in [0, 0.05) is 18.9 Å². The molecule has 1 nitrogen and oxygen atoms in total. The summed E-state index contributed by atoms with van der Waals surface area (Å²) in [5, 5.41) is 3.23. The molecule has 2 heteroatoms. The number of piperidine rings is 1. The van der Waals surface area contributed by atoms with E-state index in [0.717, 1.165) is 32.4 Å². The lowest BCUT2D eigenvalue weighted by molar-refractivity contribution is 0.179. The van der Waals surface area contributed by atoms with Gasteiger partial charge in [-0.25, -0.2) is 4.39 Å². The lowest BCUT2D eigenvalue weighted by Gasteiger charge is -2.25. The van der Waals surface area contributed by atoms with Crippen molar-refractivity contribution in [2.24, 2.45) is 5.92 Å². The molecule has 1 aliphatic heterocycles. The molecule has 2 unspecified atom stereocenters. The van der Waals surface area contributed by atoms with E-state index in [1.54, 1.807) is 0 Å². The fraction of sp³-hybridized carbons (Fsp3) is 0.818. The zero-order chi connectivity index (χ0) is 9.52. The Kier molecular flexibility index (Phi) is 4.85. The van der Waals surface area contributed by atoms with Gasteiger partial charge in [-0.05, 0) is 32.2 Å². The highest BCUT2D eigenvalue weighted by molar-refractivity contribution is 4.84. The number of hydrogen-bond donors (Lipinski definition) is 1. The summed E-state index contributed by atoms with van der Waals surface area (Å²) in [6.07, 6.45) is 8.77. The second kappa shape index (κ2) is 5.99. The van der Waals surface area contributed by atoms with Crippen LogP contribution in [0.2, 0.25) is 0 Å². The molecule has 1 saturated heterocycles. The zero-order valence-corrected chi connectivity index (χ0v) is 8.06. The Bertz CT molecular complexity index is 167. The van der Waals surface area contributed by atoms with E-state index >= 15 is 0 Å². The molecule has 0 radical (unpaired) electrons. The summed E-state index contributed by atoms with van der Waals surface area (Å²) in [4.78, 5) is 0. The maximum atomic E-state index is 13.5. The van der Waals surface area contributed by atoms with Crippen LogP contribution < -0.4 is 5.32 Å². The molecule has 1 aliphatic rings. The van der Waals surface area contributed by atoms with Gasteiger partial charge >= 0.3 is 0 Å². The number of halogens is 1. The van der Waals surface area contributed by atoms with Gasteiger partial charge in [0.1, 0.15) is 6.17 Å². The molecule has 0 spiro atoms. The molecule has 0 aliphatic carbocycles. The number of unbranched alkanes of at least 4 members (excludes halogenated alkanes) is 1.